The van der Waals surface area contributed by atoms with Gasteiger partial charge in [0.15, 0.2) is 5.78 Å². The van der Waals surface area contributed by atoms with Gasteiger partial charge in [-0.05, 0) is 48.1 Å². The van der Waals surface area contributed by atoms with Gasteiger partial charge in [0, 0.05) is 11.1 Å². The predicted octanol–water partition coefficient (Wildman–Crippen LogP) is 4.61. The molecule has 0 radical (unpaired) electrons. The molecule has 1 saturated heterocycles. The summed E-state index contributed by atoms with van der Waals surface area (Å²) in [4.78, 5) is 13.3. The molecule has 3 rings (SSSR count). The van der Waals surface area contributed by atoms with Gasteiger partial charge in [-0.15, -0.1) is 0 Å². The summed E-state index contributed by atoms with van der Waals surface area (Å²) in [7, 11) is 0. The maximum Gasteiger partial charge on any atom is 0.193 e. The maximum absolute atomic E-state index is 13.3. The van der Waals surface area contributed by atoms with E-state index in [1.165, 1.54) is 0 Å². The maximum atomic E-state index is 13.3. The monoisotopic (exact) mass is 338 g/mol. The molecule has 0 spiro atoms. The molecular weight excluding hydrogens is 312 g/mol. The predicted molar refractivity (Wildman–Crippen MR) is 99.7 cm³/mol. The van der Waals surface area contributed by atoms with E-state index >= 15 is 0 Å². The molecule has 3 heteroatoms. The van der Waals surface area contributed by atoms with Crippen LogP contribution in [0.15, 0.2) is 36.4 Å². The zero-order chi connectivity index (χ0) is 18.2. The number of epoxide rings is 1. The van der Waals surface area contributed by atoms with Crippen LogP contribution in [0.2, 0.25) is 0 Å². The van der Waals surface area contributed by atoms with Crippen molar-refractivity contribution in [2.45, 2.75) is 46.1 Å². The molecule has 1 unspecified atom stereocenters. The molecule has 3 nitrogen and oxygen atoms in total. The summed E-state index contributed by atoms with van der Waals surface area (Å²) in [5, 5.41) is 0. The van der Waals surface area contributed by atoms with Crippen molar-refractivity contribution in [3.8, 4) is 5.75 Å². The van der Waals surface area contributed by atoms with E-state index < -0.39 is 0 Å². The molecule has 2 aromatic rings. The SMILES string of the molecule is Cc1cc(OCC2CO2)cc(C)c1C(=O)c1ccccc1C(C)(C)C. The molecule has 0 aliphatic carbocycles. The van der Waals surface area contributed by atoms with E-state index in [0.29, 0.717) is 6.61 Å². The first-order valence-corrected chi connectivity index (χ1v) is 8.77. The van der Waals surface area contributed by atoms with Crippen molar-refractivity contribution in [2.24, 2.45) is 0 Å². The molecule has 25 heavy (non-hydrogen) atoms. The van der Waals surface area contributed by atoms with Crippen LogP contribution in [0.3, 0.4) is 0 Å². The second-order valence-electron chi connectivity index (χ2n) is 7.82. The van der Waals surface area contributed by atoms with Crippen molar-refractivity contribution >= 4 is 5.78 Å². The summed E-state index contributed by atoms with van der Waals surface area (Å²) in [6, 6.07) is 11.8. The van der Waals surface area contributed by atoms with Crippen LogP contribution in [0, 0.1) is 13.8 Å². The third-order valence-corrected chi connectivity index (χ3v) is 4.55. The van der Waals surface area contributed by atoms with Crippen LogP contribution in [-0.2, 0) is 10.2 Å². The third-order valence-electron chi connectivity index (χ3n) is 4.55. The Morgan fingerprint density at radius 2 is 1.76 bits per heavy atom. The van der Waals surface area contributed by atoms with Gasteiger partial charge in [-0.1, -0.05) is 45.0 Å². The number of ether oxygens (including phenoxy) is 2. The Bertz CT molecular complexity index is 772. The molecule has 1 atom stereocenters. The average molecular weight is 338 g/mol. The lowest BCUT2D eigenvalue weighted by atomic mass is 9.81. The van der Waals surface area contributed by atoms with Crippen molar-refractivity contribution in [1.29, 1.82) is 0 Å². The summed E-state index contributed by atoms with van der Waals surface area (Å²) in [6.45, 7) is 11.7. The number of carbonyl (C=O) groups excluding carboxylic acids is 1. The van der Waals surface area contributed by atoms with Gasteiger partial charge < -0.3 is 9.47 Å². The Balaban J connectivity index is 1.95. The Morgan fingerprint density at radius 1 is 1.16 bits per heavy atom. The van der Waals surface area contributed by atoms with Crippen molar-refractivity contribution in [1.82, 2.24) is 0 Å². The molecule has 1 aliphatic heterocycles. The van der Waals surface area contributed by atoms with Crippen molar-refractivity contribution in [2.75, 3.05) is 13.2 Å². The van der Waals surface area contributed by atoms with Gasteiger partial charge in [0.05, 0.1) is 6.61 Å². The lowest BCUT2D eigenvalue weighted by Gasteiger charge is -2.23. The van der Waals surface area contributed by atoms with Crippen molar-refractivity contribution < 1.29 is 14.3 Å². The zero-order valence-electron chi connectivity index (χ0n) is 15.7. The average Bonchev–Trinajstić information content (AvgIpc) is 3.35. The van der Waals surface area contributed by atoms with Crippen LogP contribution < -0.4 is 4.74 Å². The van der Waals surface area contributed by atoms with Crippen LogP contribution in [-0.4, -0.2) is 25.1 Å². The van der Waals surface area contributed by atoms with E-state index in [2.05, 4.69) is 20.8 Å². The minimum Gasteiger partial charge on any atom is -0.491 e. The molecule has 0 bridgehead atoms. The Labute approximate surface area is 150 Å². The number of aryl methyl sites for hydroxylation is 2. The van der Waals surface area contributed by atoms with E-state index in [0.717, 1.165) is 40.2 Å². The molecular formula is C22H26O3. The van der Waals surface area contributed by atoms with Crippen molar-refractivity contribution in [3.05, 3.63) is 64.2 Å². The van der Waals surface area contributed by atoms with Crippen LogP contribution in [0.25, 0.3) is 0 Å². The van der Waals surface area contributed by atoms with Crippen LogP contribution in [0.5, 0.6) is 5.75 Å². The van der Waals surface area contributed by atoms with Gasteiger partial charge in [0.1, 0.15) is 18.5 Å². The summed E-state index contributed by atoms with van der Waals surface area (Å²) >= 11 is 0. The zero-order valence-corrected chi connectivity index (χ0v) is 15.7. The number of hydrogen-bond acceptors (Lipinski definition) is 3. The molecule has 1 heterocycles. The highest BCUT2D eigenvalue weighted by Gasteiger charge is 2.25. The van der Waals surface area contributed by atoms with Crippen molar-refractivity contribution in [3.63, 3.8) is 0 Å². The van der Waals surface area contributed by atoms with Gasteiger partial charge in [-0.2, -0.15) is 0 Å². The van der Waals surface area contributed by atoms with E-state index in [-0.39, 0.29) is 17.3 Å². The molecule has 0 amide bonds. The molecule has 132 valence electrons. The summed E-state index contributed by atoms with van der Waals surface area (Å²) < 4.78 is 11.0. The fraction of sp³-hybridized carbons (Fsp3) is 0.409. The Hall–Kier alpha value is -2.13. The normalized spacial score (nSPS) is 16.6. The topological polar surface area (TPSA) is 38.8 Å². The molecule has 1 aliphatic rings. The molecule has 0 aromatic heterocycles. The van der Waals surface area contributed by atoms with Gasteiger partial charge in [-0.3, -0.25) is 4.79 Å². The largest absolute Gasteiger partial charge is 0.491 e. The molecule has 1 fully saturated rings. The first-order valence-electron chi connectivity index (χ1n) is 8.77. The molecule has 0 saturated carbocycles. The standard InChI is InChI=1S/C22H26O3/c1-14-10-16(24-12-17-13-25-17)11-15(2)20(14)21(23)18-8-6-7-9-19(18)22(3,4)5/h6-11,17H,12-13H2,1-5H3. The highest BCUT2D eigenvalue weighted by Crippen LogP contribution is 2.30. The van der Waals surface area contributed by atoms with E-state index in [9.17, 15) is 4.79 Å². The third kappa shape index (κ3) is 3.93. The smallest absolute Gasteiger partial charge is 0.193 e. The number of carbonyl (C=O) groups is 1. The van der Waals surface area contributed by atoms with Gasteiger partial charge in [0.2, 0.25) is 0 Å². The second kappa shape index (κ2) is 6.64. The number of rotatable bonds is 5. The number of ketones is 1. The fourth-order valence-electron chi connectivity index (χ4n) is 3.19. The first kappa shape index (κ1) is 17.7. The van der Waals surface area contributed by atoms with E-state index in [1.54, 1.807) is 0 Å². The van der Waals surface area contributed by atoms with Gasteiger partial charge in [0.25, 0.3) is 0 Å². The lowest BCUT2D eigenvalue weighted by Crippen LogP contribution is -2.18. The minimum atomic E-state index is -0.0820. The quantitative estimate of drug-likeness (QED) is 0.590. The van der Waals surface area contributed by atoms with Crippen LogP contribution in [0.1, 0.15) is 53.4 Å². The molecule has 2 aromatic carbocycles. The minimum absolute atomic E-state index is 0.0811. The van der Waals surface area contributed by atoms with E-state index in [1.807, 2.05) is 50.2 Å². The molecule has 0 N–H and O–H groups in total. The summed E-state index contributed by atoms with van der Waals surface area (Å²) in [6.07, 6.45) is 0.223. The number of hydrogen-bond donors (Lipinski definition) is 0. The van der Waals surface area contributed by atoms with Gasteiger partial charge in [-0.25, -0.2) is 0 Å². The van der Waals surface area contributed by atoms with Gasteiger partial charge >= 0.3 is 0 Å². The fourth-order valence-corrected chi connectivity index (χ4v) is 3.19. The van der Waals surface area contributed by atoms with Crippen LogP contribution in [0.4, 0.5) is 0 Å². The summed E-state index contributed by atoms with van der Waals surface area (Å²) in [5.74, 6) is 0.878. The van der Waals surface area contributed by atoms with Crippen LogP contribution >= 0.6 is 0 Å². The summed E-state index contributed by atoms with van der Waals surface area (Å²) in [5.41, 5.74) is 4.43. The lowest BCUT2D eigenvalue weighted by molar-refractivity contribution is 0.103. The first-order chi connectivity index (χ1) is 11.8. The van der Waals surface area contributed by atoms with E-state index in [4.69, 9.17) is 9.47 Å². The Morgan fingerprint density at radius 3 is 2.32 bits per heavy atom. The second-order valence-corrected chi connectivity index (χ2v) is 7.82. The highest BCUT2D eigenvalue weighted by atomic mass is 16.6. The highest BCUT2D eigenvalue weighted by molar-refractivity contribution is 6.12. The number of benzene rings is 2. The Kier molecular flexibility index (Phi) is 4.70.